The van der Waals surface area contributed by atoms with Gasteiger partial charge in [-0.25, -0.2) is 4.98 Å². The summed E-state index contributed by atoms with van der Waals surface area (Å²) in [6.45, 7) is 5.80. The molecule has 0 atom stereocenters. The van der Waals surface area contributed by atoms with Crippen molar-refractivity contribution in [1.29, 1.82) is 0 Å². The third-order valence-corrected chi connectivity index (χ3v) is 2.88. The summed E-state index contributed by atoms with van der Waals surface area (Å²) in [6.07, 6.45) is 3.90. The van der Waals surface area contributed by atoms with E-state index in [1.807, 2.05) is 12.4 Å². The van der Waals surface area contributed by atoms with Crippen molar-refractivity contribution in [3.05, 3.63) is 53.6 Å². The molecular weight excluding hydrogens is 210 g/mol. The summed E-state index contributed by atoms with van der Waals surface area (Å²) < 4.78 is 2.20. The minimum atomic E-state index is 0.452. The molecule has 0 aliphatic heterocycles. The van der Waals surface area contributed by atoms with Crippen LogP contribution in [0, 0.1) is 0 Å². The van der Waals surface area contributed by atoms with E-state index in [1.165, 1.54) is 11.1 Å². The maximum atomic E-state index is 5.58. The molecule has 90 valence electrons. The van der Waals surface area contributed by atoms with Crippen LogP contribution in [0.15, 0.2) is 36.7 Å². The van der Waals surface area contributed by atoms with Gasteiger partial charge in [0.15, 0.2) is 0 Å². The van der Waals surface area contributed by atoms with E-state index < -0.39 is 0 Å². The number of rotatable bonds is 4. The summed E-state index contributed by atoms with van der Waals surface area (Å²) >= 11 is 0. The monoisotopic (exact) mass is 229 g/mol. The summed E-state index contributed by atoms with van der Waals surface area (Å²) in [4.78, 5) is 4.39. The second-order valence-electron chi connectivity index (χ2n) is 4.59. The quantitative estimate of drug-likeness (QED) is 0.875. The van der Waals surface area contributed by atoms with Crippen LogP contribution in [-0.4, -0.2) is 9.55 Å². The fraction of sp³-hybridized carbons (Fsp3) is 0.357. The van der Waals surface area contributed by atoms with Gasteiger partial charge in [0.25, 0.3) is 0 Å². The van der Waals surface area contributed by atoms with Crippen LogP contribution >= 0.6 is 0 Å². The predicted molar refractivity (Wildman–Crippen MR) is 69.8 cm³/mol. The van der Waals surface area contributed by atoms with E-state index in [0.29, 0.717) is 12.5 Å². The maximum Gasteiger partial charge on any atom is 0.111 e. The van der Waals surface area contributed by atoms with Gasteiger partial charge in [-0.05, 0) is 11.1 Å². The van der Waals surface area contributed by atoms with Gasteiger partial charge in [-0.1, -0.05) is 38.1 Å². The zero-order valence-corrected chi connectivity index (χ0v) is 10.4. The first kappa shape index (κ1) is 11.9. The molecule has 1 aromatic heterocycles. The molecule has 2 N–H and O–H groups in total. The molecule has 0 saturated carbocycles. The molecule has 0 spiro atoms. The van der Waals surface area contributed by atoms with Crippen molar-refractivity contribution in [2.75, 3.05) is 0 Å². The van der Waals surface area contributed by atoms with Crippen LogP contribution in [0.4, 0.5) is 0 Å². The van der Waals surface area contributed by atoms with Crippen LogP contribution in [0.25, 0.3) is 0 Å². The van der Waals surface area contributed by atoms with Crippen molar-refractivity contribution in [3.63, 3.8) is 0 Å². The SMILES string of the molecule is CC(C)c1nccn1Cc1ccc(CN)cc1. The van der Waals surface area contributed by atoms with Crippen LogP contribution in [0.2, 0.25) is 0 Å². The highest BCUT2D eigenvalue weighted by Crippen LogP contribution is 2.14. The van der Waals surface area contributed by atoms with E-state index in [2.05, 4.69) is 47.7 Å². The van der Waals surface area contributed by atoms with Crippen molar-refractivity contribution < 1.29 is 0 Å². The van der Waals surface area contributed by atoms with Crippen LogP contribution in [0.5, 0.6) is 0 Å². The highest BCUT2D eigenvalue weighted by atomic mass is 15.1. The minimum absolute atomic E-state index is 0.452. The second-order valence-corrected chi connectivity index (χ2v) is 4.59. The molecule has 2 rings (SSSR count). The number of hydrogen-bond acceptors (Lipinski definition) is 2. The number of aromatic nitrogens is 2. The first-order chi connectivity index (χ1) is 8.20. The summed E-state index contributed by atoms with van der Waals surface area (Å²) in [7, 11) is 0. The van der Waals surface area contributed by atoms with Gasteiger partial charge in [0.05, 0.1) is 0 Å². The lowest BCUT2D eigenvalue weighted by atomic mass is 10.1. The predicted octanol–water partition coefficient (Wildman–Crippen LogP) is 2.51. The van der Waals surface area contributed by atoms with Gasteiger partial charge in [-0.2, -0.15) is 0 Å². The van der Waals surface area contributed by atoms with E-state index in [0.717, 1.165) is 12.4 Å². The van der Waals surface area contributed by atoms with Crippen molar-refractivity contribution in [2.45, 2.75) is 32.9 Å². The average molecular weight is 229 g/mol. The Bertz CT molecular complexity index is 468. The smallest absolute Gasteiger partial charge is 0.111 e. The zero-order chi connectivity index (χ0) is 12.3. The van der Waals surface area contributed by atoms with E-state index >= 15 is 0 Å². The Labute approximate surface area is 102 Å². The molecule has 2 aromatic rings. The standard InChI is InChI=1S/C14H19N3/c1-11(2)14-16-7-8-17(14)10-13-5-3-12(9-15)4-6-13/h3-8,11H,9-10,15H2,1-2H3. The van der Waals surface area contributed by atoms with Gasteiger partial charge < -0.3 is 10.3 Å². The van der Waals surface area contributed by atoms with Gasteiger partial charge in [0.2, 0.25) is 0 Å². The normalized spacial score (nSPS) is 11.1. The molecule has 1 heterocycles. The van der Waals surface area contributed by atoms with Gasteiger partial charge >= 0.3 is 0 Å². The third kappa shape index (κ3) is 2.74. The molecule has 0 bridgehead atoms. The highest BCUT2D eigenvalue weighted by Gasteiger charge is 2.07. The number of nitrogens with two attached hydrogens (primary N) is 1. The molecule has 3 heteroatoms. The fourth-order valence-corrected chi connectivity index (χ4v) is 1.93. The van der Waals surface area contributed by atoms with Gasteiger partial charge in [0, 0.05) is 31.4 Å². The molecule has 0 radical (unpaired) electrons. The van der Waals surface area contributed by atoms with Crippen LogP contribution < -0.4 is 5.73 Å². The van der Waals surface area contributed by atoms with E-state index in [1.54, 1.807) is 0 Å². The summed E-state index contributed by atoms with van der Waals surface area (Å²) in [5, 5.41) is 0. The van der Waals surface area contributed by atoms with E-state index in [9.17, 15) is 0 Å². The van der Waals surface area contributed by atoms with Crippen molar-refractivity contribution in [3.8, 4) is 0 Å². The van der Waals surface area contributed by atoms with Crippen LogP contribution in [0.3, 0.4) is 0 Å². The lowest BCUT2D eigenvalue weighted by Crippen LogP contribution is -2.06. The second kappa shape index (κ2) is 5.15. The highest BCUT2D eigenvalue weighted by molar-refractivity contribution is 5.23. The first-order valence-corrected chi connectivity index (χ1v) is 5.99. The van der Waals surface area contributed by atoms with Gasteiger partial charge in [0.1, 0.15) is 5.82 Å². The summed E-state index contributed by atoms with van der Waals surface area (Å²) in [5.41, 5.74) is 8.03. The third-order valence-electron chi connectivity index (χ3n) is 2.88. The molecule has 0 aliphatic rings. The molecule has 3 nitrogen and oxygen atoms in total. The van der Waals surface area contributed by atoms with Crippen molar-refractivity contribution >= 4 is 0 Å². The Balaban J connectivity index is 2.16. The number of benzene rings is 1. The fourth-order valence-electron chi connectivity index (χ4n) is 1.93. The summed E-state index contributed by atoms with van der Waals surface area (Å²) in [6, 6.07) is 8.43. The molecular formula is C14H19N3. The van der Waals surface area contributed by atoms with Crippen LogP contribution in [-0.2, 0) is 13.1 Å². The molecule has 1 aromatic carbocycles. The zero-order valence-electron chi connectivity index (χ0n) is 10.4. The van der Waals surface area contributed by atoms with Crippen LogP contribution in [0.1, 0.15) is 36.7 Å². The molecule has 0 unspecified atom stereocenters. The number of imidazole rings is 1. The Morgan fingerprint density at radius 3 is 2.41 bits per heavy atom. The lowest BCUT2D eigenvalue weighted by Gasteiger charge is -2.10. The Hall–Kier alpha value is -1.61. The van der Waals surface area contributed by atoms with Crippen molar-refractivity contribution in [2.24, 2.45) is 5.73 Å². The Morgan fingerprint density at radius 1 is 1.18 bits per heavy atom. The maximum absolute atomic E-state index is 5.58. The molecule has 17 heavy (non-hydrogen) atoms. The summed E-state index contributed by atoms with van der Waals surface area (Å²) in [5.74, 6) is 1.58. The molecule has 0 saturated heterocycles. The Kier molecular flexibility index (Phi) is 3.59. The first-order valence-electron chi connectivity index (χ1n) is 5.99. The van der Waals surface area contributed by atoms with E-state index in [-0.39, 0.29) is 0 Å². The number of nitrogens with zero attached hydrogens (tertiary/aromatic N) is 2. The van der Waals surface area contributed by atoms with Gasteiger partial charge in [-0.15, -0.1) is 0 Å². The average Bonchev–Trinajstić information content (AvgIpc) is 2.78. The van der Waals surface area contributed by atoms with E-state index in [4.69, 9.17) is 5.73 Å². The largest absolute Gasteiger partial charge is 0.330 e. The molecule has 0 fully saturated rings. The van der Waals surface area contributed by atoms with Crippen molar-refractivity contribution in [1.82, 2.24) is 9.55 Å². The lowest BCUT2D eigenvalue weighted by molar-refractivity contribution is 0.669. The molecule has 0 aliphatic carbocycles. The Morgan fingerprint density at radius 2 is 1.82 bits per heavy atom. The minimum Gasteiger partial charge on any atom is -0.330 e. The topological polar surface area (TPSA) is 43.8 Å². The number of hydrogen-bond donors (Lipinski definition) is 1. The molecule has 0 amide bonds. The van der Waals surface area contributed by atoms with Gasteiger partial charge in [-0.3, -0.25) is 0 Å².